The smallest absolute Gasteiger partial charge is 0.245 e. The lowest BCUT2D eigenvalue weighted by Gasteiger charge is -2.18. The van der Waals surface area contributed by atoms with Gasteiger partial charge in [-0.2, -0.15) is 4.31 Å². The van der Waals surface area contributed by atoms with E-state index in [2.05, 4.69) is 31.1 Å². The summed E-state index contributed by atoms with van der Waals surface area (Å²) in [6, 6.07) is 11.4. The first-order valence-corrected chi connectivity index (χ1v) is 11.5. The summed E-state index contributed by atoms with van der Waals surface area (Å²) in [5.74, 6) is 0. The third-order valence-corrected chi connectivity index (χ3v) is 6.99. The molecular formula is C22H31N3O2S. The number of pyridine rings is 1. The molecule has 1 aromatic heterocycles. The van der Waals surface area contributed by atoms with Crippen LogP contribution >= 0.6 is 0 Å². The van der Waals surface area contributed by atoms with Gasteiger partial charge in [0.1, 0.15) is 4.90 Å². The third-order valence-electron chi connectivity index (χ3n) is 5.06. The van der Waals surface area contributed by atoms with E-state index in [1.165, 1.54) is 5.56 Å². The second kappa shape index (κ2) is 8.72. The van der Waals surface area contributed by atoms with Crippen molar-refractivity contribution in [1.29, 1.82) is 0 Å². The van der Waals surface area contributed by atoms with E-state index in [-0.39, 0.29) is 0 Å². The summed E-state index contributed by atoms with van der Waals surface area (Å²) in [6.45, 7) is 9.69. The molecule has 1 aliphatic heterocycles. The Balaban J connectivity index is 1.74. The second-order valence-electron chi connectivity index (χ2n) is 8.65. The van der Waals surface area contributed by atoms with Crippen LogP contribution in [0.2, 0.25) is 0 Å². The maximum Gasteiger partial charge on any atom is 0.245 e. The van der Waals surface area contributed by atoms with Crippen LogP contribution in [0.25, 0.3) is 11.3 Å². The summed E-state index contributed by atoms with van der Waals surface area (Å²) in [4.78, 5) is 4.70. The van der Waals surface area contributed by atoms with Crippen molar-refractivity contribution in [2.24, 2.45) is 5.41 Å². The molecule has 0 amide bonds. The zero-order valence-electron chi connectivity index (χ0n) is 17.1. The Morgan fingerprint density at radius 2 is 1.75 bits per heavy atom. The van der Waals surface area contributed by atoms with Crippen LogP contribution < -0.4 is 5.32 Å². The van der Waals surface area contributed by atoms with Gasteiger partial charge in [-0.15, -0.1) is 0 Å². The number of nitrogens with one attached hydrogen (secondary N) is 1. The van der Waals surface area contributed by atoms with Crippen molar-refractivity contribution < 1.29 is 8.42 Å². The maximum absolute atomic E-state index is 13.0. The molecule has 0 aliphatic carbocycles. The number of nitrogens with zero attached hydrogens (tertiary/aromatic N) is 2. The van der Waals surface area contributed by atoms with Crippen LogP contribution in [-0.2, 0) is 16.6 Å². The quantitative estimate of drug-likeness (QED) is 0.711. The first-order chi connectivity index (χ1) is 13.3. The first-order valence-electron chi connectivity index (χ1n) is 10.0. The lowest BCUT2D eigenvalue weighted by atomic mass is 9.92. The number of hydrogen-bond acceptors (Lipinski definition) is 4. The van der Waals surface area contributed by atoms with Crippen LogP contribution in [0.15, 0.2) is 47.5 Å². The number of aromatic nitrogens is 1. The molecule has 1 saturated heterocycles. The normalized spacial score (nSPS) is 15.8. The van der Waals surface area contributed by atoms with E-state index in [4.69, 9.17) is 0 Å². The highest BCUT2D eigenvalue weighted by Crippen LogP contribution is 2.29. The molecule has 1 aliphatic rings. The van der Waals surface area contributed by atoms with Crippen molar-refractivity contribution >= 4 is 10.0 Å². The van der Waals surface area contributed by atoms with Gasteiger partial charge in [-0.05, 0) is 48.9 Å². The monoisotopic (exact) mass is 401 g/mol. The second-order valence-corrected chi connectivity index (χ2v) is 10.6. The van der Waals surface area contributed by atoms with Gasteiger partial charge in [-0.25, -0.2) is 8.42 Å². The molecule has 2 aromatic rings. The third kappa shape index (κ3) is 5.19. The van der Waals surface area contributed by atoms with E-state index in [9.17, 15) is 8.42 Å². The first kappa shape index (κ1) is 21.0. The van der Waals surface area contributed by atoms with E-state index in [0.29, 0.717) is 29.1 Å². The van der Waals surface area contributed by atoms with Crippen molar-refractivity contribution in [1.82, 2.24) is 14.6 Å². The molecule has 1 aromatic carbocycles. The Bertz CT molecular complexity index is 881. The molecule has 152 valence electrons. The fraction of sp³-hybridized carbons (Fsp3) is 0.500. The number of rotatable bonds is 7. The van der Waals surface area contributed by atoms with E-state index in [1.54, 1.807) is 22.6 Å². The molecule has 0 radical (unpaired) electrons. The predicted molar refractivity (Wildman–Crippen MR) is 113 cm³/mol. The minimum Gasteiger partial charge on any atom is -0.313 e. The average Bonchev–Trinajstić information content (AvgIpc) is 3.21. The zero-order chi connectivity index (χ0) is 20.2. The van der Waals surface area contributed by atoms with Crippen LogP contribution in [0.5, 0.6) is 0 Å². The van der Waals surface area contributed by atoms with E-state index >= 15 is 0 Å². The van der Waals surface area contributed by atoms with Crippen molar-refractivity contribution in [3.05, 3.63) is 48.2 Å². The van der Waals surface area contributed by atoms with Gasteiger partial charge in [0.2, 0.25) is 10.0 Å². The highest BCUT2D eigenvalue weighted by Gasteiger charge is 2.29. The minimum absolute atomic E-state index is 0.299. The van der Waals surface area contributed by atoms with E-state index < -0.39 is 10.0 Å². The van der Waals surface area contributed by atoms with Gasteiger partial charge in [0, 0.05) is 31.4 Å². The fourth-order valence-corrected chi connectivity index (χ4v) is 5.04. The molecular weight excluding hydrogens is 370 g/mol. The summed E-state index contributed by atoms with van der Waals surface area (Å²) in [7, 11) is -3.50. The Kier molecular flexibility index (Phi) is 6.53. The lowest BCUT2D eigenvalue weighted by molar-refractivity contribution is 0.366. The number of hydrogen-bond donors (Lipinski definition) is 1. The predicted octanol–water partition coefficient (Wildman–Crippen LogP) is 4.06. The van der Waals surface area contributed by atoms with Gasteiger partial charge in [0.25, 0.3) is 0 Å². The lowest BCUT2D eigenvalue weighted by Crippen LogP contribution is -2.28. The molecule has 0 atom stereocenters. The van der Waals surface area contributed by atoms with Crippen LogP contribution in [0, 0.1) is 5.41 Å². The van der Waals surface area contributed by atoms with Gasteiger partial charge in [0.15, 0.2) is 0 Å². The van der Waals surface area contributed by atoms with E-state index in [1.807, 2.05) is 24.3 Å². The molecule has 1 fully saturated rings. The fourth-order valence-electron chi connectivity index (χ4n) is 3.36. The van der Waals surface area contributed by atoms with Crippen molar-refractivity contribution in [3.8, 4) is 11.3 Å². The summed E-state index contributed by atoms with van der Waals surface area (Å²) < 4.78 is 27.6. The molecule has 3 rings (SSSR count). The Morgan fingerprint density at radius 1 is 1.07 bits per heavy atom. The highest BCUT2D eigenvalue weighted by atomic mass is 32.2. The van der Waals surface area contributed by atoms with Crippen molar-refractivity contribution in [2.75, 3.05) is 19.6 Å². The zero-order valence-corrected chi connectivity index (χ0v) is 17.9. The largest absolute Gasteiger partial charge is 0.313 e. The summed E-state index contributed by atoms with van der Waals surface area (Å²) in [5, 5.41) is 3.47. The summed E-state index contributed by atoms with van der Waals surface area (Å²) >= 11 is 0. The molecule has 0 unspecified atom stereocenters. The average molecular weight is 402 g/mol. The van der Waals surface area contributed by atoms with Gasteiger partial charge in [0.05, 0.1) is 5.69 Å². The topological polar surface area (TPSA) is 62.3 Å². The molecule has 0 saturated carbocycles. The van der Waals surface area contributed by atoms with E-state index in [0.717, 1.165) is 37.9 Å². The number of benzene rings is 1. The van der Waals surface area contributed by atoms with Crippen LogP contribution in [0.3, 0.4) is 0 Å². The van der Waals surface area contributed by atoms with Crippen LogP contribution in [0.1, 0.15) is 45.6 Å². The van der Waals surface area contributed by atoms with Gasteiger partial charge >= 0.3 is 0 Å². The molecule has 1 N–H and O–H groups in total. The number of sulfonamides is 1. The Hall–Kier alpha value is -1.76. The van der Waals surface area contributed by atoms with Crippen LogP contribution in [-0.4, -0.2) is 37.3 Å². The Labute approximate surface area is 169 Å². The summed E-state index contributed by atoms with van der Waals surface area (Å²) in [5.41, 5.74) is 2.86. The SMILES string of the molecule is CC(C)(C)CCNCc1ccc(-c2ncccc2S(=O)(=O)N2CCCC2)cc1. The maximum atomic E-state index is 13.0. The standard InChI is InChI=1S/C22H31N3O2S/c1-22(2,3)12-14-23-17-18-8-10-19(11-9-18)21-20(7-6-13-24-21)28(26,27)25-15-4-5-16-25/h6-11,13,23H,4-5,12,14-17H2,1-3H3. The molecule has 28 heavy (non-hydrogen) atoms. The molecule has 2 heterocycles. The van der Waals surface area contributed by atoms with Gasteiger partial charge in [-0.1, -0.05) is 45.0 Å². The highest BCUT2D eigenvalue weighted by molar-refractivity contribution is 7.89. The summed E-state index contributed by atoms with van der Waals surface area (Å²) in [6.07, 6.45) is 4.62. The van der Waals surface area contributed by atoms with Crippen molar-refractivity contribution in [2.45, 2.75) is 51.5 Å². The van der Waals surface area contributed by atoms with Crippen LogP contribution in [0.4, 0.5) is 0 Å². The van der Waals surface area contributed by atoms with Gasteiger partial charge < -0.3 is 5.32 Å². The molecule has 0 spiro atoms. The Morgan fingerprint density at radius 3 is 2.39 bits per heavy atom. The van der Waals surface area contributed by atoms with Crippen molar-refractivity contribution in [3.63, 3.8) is 0 Å². The minimum atomic E-state index is -3.50. The van der Waals surface area contributed by atoms with Gasteiger partial charge in [-0.3, -0.25) is 4.98 Å². The molecule has 6 heteroatoms. The molecule has 0 bridgehead atoms. The molecule has 5 nitrogen and oxygen atoms in total.